The Morgan fingerprint density at radius 1 is 1.41 bits per heavy atom. The highest BCUT2D eigenvalue weighted by atomic mass is 19.1. The number of methoxy groups -OCH3 is 1. The summed E-state index contributed by atoms with van der Waals surface area (Å²) < 4.78 is 27.9. The van der Waals surface area contributed by atoms with Gasteiger partial charge in [-0.2, -0.15) is 4.39 Å². The first kappa shape index (κ1) is 16.1. The van der Waals surface area contributed by atoms with E-state index in [1.54, 1.807) is 6.92 Å². The van der Waals surface area contributed by atoms with Gasteiger partial charge < -0.3 is 14.2 Å². The van der Waals surface area contributed by atoms with Gasteiger partial charge in [-0.15, -0.1) is 0 Å². The molecule has 0 spiro atoms. The molecular weight excluding hydrogens is 227 g/mol. The van der Waals surface area contributed by atoms with Crippen molar-refractivity contribution in [2.24, 2.45) is 11.8 Å². The van der Waals surface area contributed by atoms with Gasteiger partial charge in [-0.25, -0.2) is 4.79 Å². The third-order valence-electron chi connectivity index (χ3n) is 2.20. The van der Waals surface area contributed by atoms with Crippen molar-refractivity contribution in [2.75, 3.05) is 27.1 Å². The molecule has 0 aromatic rings. The predicted octanol–water partition coefficient (Wildman–Crippen LogP) is 2.30. The molecule has 0 aliphatic heterocycles. The summed E-state index contributed by atoms with van der Waals surface area (Å²) >= 11 is 0. The maximum atomic E-state index is 13.4. The zero-order valence-corrected chi connectivity index (χ0v) is 10.9. The Morgan fingerprint density at radius 3 is 2.53 bits per heavy atom. The average molecular weight is 248 g/mol. The summed E-state index contributed by atoms with van der Waals surface area (Å²) in [5, 5.41) is 0. The van der Waals surface area contributed by atoms with E-state index in [-0.39, 0.29) is 25.2 Å². The third kappa shape index (κ3) is 7.07. The Hall–Kier alpha value is -0.940. The lowest BCUT2D eigenvalue weighted by Gasteiger charge is -2.16. The van der Waals surface area contributed by atoms with Crippen LogP contribution in [0.5, 0.6) is 0 Å². The van der Waals surface area contributed by atoms with E-state index in [0.717, 1.165) is 0 Å². The van der Waals surface area contributed by atoms with Gasteiger partial charge in [0.25, 0.3) is 0 Å². The molecule has 0 saturated carbocycles. The fourth-order valence-electron chi connectivity index (χ4n) is 1.16. The van der Waals surface area contributed by atoms with Crippen LogP contribution in [0.2, 0.25) is 0 Å². The smallest absolute Gasteiger partial charge is 0.366 e. The Labute approximate surface area is 102 Å². The van der Waals surface area contributed by atoms with Crippen LogP contribution in [0.15, 0.2) is 11.9 Å². The topological polar surface area (TPSA) is 44.8 Å². The first-order valence-electron chi connectivity index (χ1n) is 5.64. The second kappa shape index (κ2) is 9.13. The van der Waals surface area contributed by atoms with Crippen LogP contribution in [-0.2, 0) is 19.0 Å². The average Bonchev–Trinajstić information content (AvgIpc) is 2.27. The lowest BCUT2D eigenvalue weighted by atomic mass is 9.96. The Bertz CT molecular complexity index is 251. The summed E-state index contributed by atoms with van der Waals surface area (Å²) in [4.78, 5) is 11.1. The summed E-state index contributed by atoms with van der Waals surface area (Å²) in [7, 11) is 1.51. The van der Waals surface area contributed by atoms with Crippen LogP contribution in [0.25, 0.3) is 0 Å². The molecule has 0 N–H and O–H groups in total. The normalized spacial score (nSPS) is 13.9. The molecule has 0 aromatic heterocycles. The van der Waals surface area contributed by atoms with Crippen LogP contribution in [0.3, 0.4) is 0 Å². The molecule has 0 aliphatic rings. The zero-order valence-electron chi connectivity index (χ0n) is 10.9. The lowest BCUT2D eigenvalue weighted by molar-refractivity contribution is -0.140. The first-order valence-corrected chi connectivity index (χ1v) is 5.64. The van der Waals surface area contributed by atoms with Gasteiger partial charge in [-0.05, 0) is 18.9 Å². The molecule has 0 amide bonds. The van der Waals surface area contributed by atoms with Gasteiger partial charge in [0.15, 0.2) is 0 Å². The lowest BCUT2D eigenvalue weighted by Crippen LogP contribution is -2.16. The fraction of sp³-hybridized carbons (Fsp3) is 0.750. The van der Waals surface area contributed by atoms with E-state index in [0.29, 0.717) is 6.61 Å². The molecule has 0 aromatic carbocycles. The summed E-state index contributed by atoms with van der Waals surface area (Å²) in [6.45, 7) is 6.10. The van der Waals surface area contributed by atoms with E-state index in [4.69, 9.17) is 9.47 Å². The quantitative estimate of drug-likeness (QED) is 0.286. The Morgan fingerprint density at radius 2 is 2.06 bits per heavy atom. The maximum absolute atomic E-state index is 13.4. The van der Waals surface area contributed by atoms with Crippen LogP contribution in [0.4, 0.5) is 4.39 Å². The minimum Gasteiger partial charge on any atom is -0.461 e. The molecule has 0 saturated heterocycles. The van der Waals surface area contributed by atoms with Gasteiger partial charge in [0.05, 0.1) is 13.2 Å². The van der Waals surface area contributed by atoms with E-state index < -0.39 is 11.8 Å². The molecule has 4 nitrogen and oxygen atoms in total. The van der Waals surface area contributed by atoms with E-state index >= 15 is 0 Å². The Balaban J connectivity index is 4.39. The van der Waals surface area contributed by atoms with E-state index in [2.05, 4.69) is 4.74 Å². The molecule has 0 radical (unpaired) electrons. The summed E-state index contributed by atoms with van der Waals surface area (Å²) in [5.74, 6) is -1.82. The first-order chi connectivity index (χ1) is 8.02. The van der Waals surface area contributed by atoms with Crippen molar-refractivity contribution >= 4 is 5.97 Å². The standard InChI is InChI=1S/C12H21FO4/c1-5-17-12(14)11(13)6-10(9(2)3)7-16-8-15-4/h6,9-10H,5,7-8H2,1-4H3/b11-6-/t10-/m0/s1. The summed E-state index contributed by atoms with van der Waals surface area (Å²) in [6, 6.07) is 0. The van der Waals surface area contributed by atoms with Crippen LogP contribution in [0, 0.1) is 11.8 Å². The molecular formula is C12H21FO4. The second-order valence-electron chi connectivity index (χ2n) is 3.92. The highest BCUT2D eigenvalue weighted by Gasteiger charge is 2.16. The van der Waals surface area contributed by atoms with Crippen molar-refractivity contribution in [1.29, 1.82) is 0 Å². The SMILES string of the molecule is CCOC(=O)/C(F)=C/[C@@H](COCOC)C(C)C. The summed E-state index contributed by atoms with van der Waals surface area (Å²) in [6.07, 6.45) is 1.25. The van der Waals surface area contributed by atoms with Crippen LogP contribution < -0.4 is 0 Å². The van der Waals surface area contributed by atoms with Gasteiger partial charge in [-0.3, -0.25) is 0 Å². The van der Waals surface area contributed by atoms with Gasteiger partial charge in [0.1, 0.15) is 6.79 Å². The number of carbonyl (C=O) groups is 1. The predicted molar refractivity (Wildman–Crippen MR) is 62.0 cm³/mol. The second-order valence-corrected chi connectivity index (χ2v) is 3.92. The van der Waals surface area contributed by atoms with Gasteiger partial charge in [0, 0.05) is 13.0 Å². The fourth-order valence-corrected chi connectivity index (χ4v) is 1.16. The zero-order chi connectivity index (χ0) is 13.3. The van der Waals surface area contributed by atoms with Crippen molar-refractivity contribution < 1.29 is 23.4 Å². The third-order valence-corrected chi connectivity index (χ3v) is 2.20. The number of halogens is 1. The van der Waals surface area contributed by atoms with Crippen LogP contribution in [0.1, 0.15) is 20.8 Å². The molecule has 5 heteroatoms. The molecule has 0 heterocycles. The molecule has 0 bridgehead atoms. The minimum atomic E-state index is -0.926. The highest BCUT2D eigenvalue weighted by Crippen LogP contribution is 2.16. The molecule has 17 heavy (non-hydrogen) atoms. The molecule has 0 unspecified atom stereocenters. The van der Waals surface area contributed by atoms with Gasteiger partial charge in [-0.1, -0.05) is 13.8 Å². The van der Waals surface area contributed by atoms with Crippen molar-refractivity contribution in [3.63, 3.8) is 0 Å². The van der Waals surface area contributed by atoms with Crippen molar-refractivity contribution in [2.45, 2.75) is 20.8 Å². The molecule has 0 rings (SSSR count). The van der Waals surface area contributed by atoms with E-state index in [1.165, 1.54) is 13.2 Å². The largest absolute Gasteiger partial charge is 0.461 e. The number of esters is 1. The Kier molecular flexibility index (Phi) is 8.62. The van der Waals surface area contributed by atoms with Crippen LogP contribution >= 0.6 is 0 Å². The summed E-state index contributed by atoms with van der Waals surface area (Å²) in [5.41, 5.74) is 0. The highest BCUT2D eigenvalue weighted by molar-refractivity contribution is 5.85. The van der Waals surface area contributed by atoms with E-state index in [9.17, 15) is 9.18 Å². The van der Waals surface area contributed by atoms with Crippen LogP contribution in [-0.4, -0.2) is 33.1 Å². The number of ether oxygens (including phenoxy) is 3. The number of rotatable bonds is 8. The number of hydrogen-bond donors (Lipinski definition) is 0. The van der Waals surface area contributed by atoms with E-state index in [1.807, 2.05) is 13.8 Å². The van der Waals surface area contributed by atoms with Gasteiger partial charge >= 0.3 is 5.97 Å². The van der Waals surface area contributed by atoms with Crippen molar-refractivity contribution in [3.8, 4) is 0 Å². The number of carbonyl (C=O) groups excluding carboxylic acids is 1. The molecule has 100 valence electrons. The molecule has 0 fully saturated rings. The maximum Gasteiger partial charge on any atom is 0.366 e. The minimum absolute atomic E-state index is 0.151. The number of hydrogen-bond acceptors (Lipinski definition) is 4. The molecule has 1 atom stereocenters. The van der Waals surface area contributed by atoms with Gasteiger partial charge in [0.2, 0.25) is 5.83 Å². The van der Waals surface area contributed by atoms with Crippen molar-refractivity contribution in [1.82, 2.24) is 0 Å². The molecule has 0 aliphatic carbocycles. The monoisotopic (exact) mass is 248 g/mol. The van der Waals surface area contributed by atoms with Crippen molar-refractivity contribution in [3.05, 3.63) is 11.9 Å².